The standard InChI is InChI=1S/C19H14N2O7S/c22-17(23)11-28-15-7-3-12(4-8-15)9-16-18(24)20(19(25)29-16)10-13-1-5-14(6-2-13)21(26)27/h1-9H,10-11H2,(H,22,23). The molecule has 0 saturated carbocycles. The number of thioether (sulfide) groups is 1. The van der Waals surface area contributed by atoms with Crippen molar-refractivity contribution < 1.29 is 29.2 Å². The highest BCUT2D eigenvalue weighted by Gasteiger charge is 2.35. The highest BCUT2D eigenvalue weighted by molar-refractivity contribution is 8.18. The Labute approximate surface area is 168 Å². The lowest BCUT2D eigenvalue weighted by atomic mass is 10.2. The normalized spacial score (nSPS) is 15.0. The summed E-state index contributed by atoms with van der Waals surface area (Å²) in [5.41, 5.74) is 1.17. The number of rotatable bonds is 7. The van der Waals surface area contributed by atoms with Gasteiger partial charge < -0.3 is 9.84 Å². The van der Waals surface area contributed by atoms with Gasteiger partial charge in [0.25, 0.3) is 16.8 Å². The van der Waals surface area contributed by atoms with Crippen LogP contribution in [0.2, 0.25) is 0 Å². The Bertz CT molecular complexity index is 1000. The van der Waals surface area contributed by atoms with Gasteiger partial charge in [0, 0.05) is 12.1 Å². The number of imide groups is 1. The summed E-state index contributed by atoms with van der Waals surface area (Å²) in [6.07, 6.45) is 1.56. The molecule has 0 spiro atoms. The minimum absolute atomic E-state index is 0.0158. The van der Waals surface area contributed by atoms with Crippen LogP contribution < -0.4 is 4.74 Å². The van der Waals surface area contributed by atoms with Gasteiger partial charge in [-0.1, -0.05) is 24.3 Å². The molecule has 1 N–H and O–H groups in total. The third-order valence-corrected chi connectivity index (χ3v) is 4.81. The minimum Gasteiger partial charge on any atom is -0.482 e. The molecule has 0 atom stereocenters. The Hall–Kier alpha value is -3.66. The van der Waals surface area contributed by atoms with E-state index in [1.165, 1.54) is 24.3 Å². The quantitative estimate of drug-likeness (QED) is 0.415. The van der Waals surface area contributed by atoms with E-state index in [-0.39, 0.29) is 17.1 Å². The van der Waals surface area contributed by atoms with E-state index in [0.717, 1.165) is 16.7 Å². The molecule has 1 aliphatic heterocycles. The first-order chi connectivity index (χ1) is 13.8. The third-order valence-electron chi connectivity index (χ3n) is 3.90. The van der Waals surface area contributed by atoms with E-state index in [4.69, 9.17) is 9.84 Å². The Balaban J connectivity index is 1.69. The highest BCUT2D eigenvalue weighted by atomic mass is 32.2. The average Bonchev–Trinajstić information content (AvgIpc) is 2.95. The van der Waals surface area contributed by atoms with E-state index in [9.17, 15) is 24.5 Å². The van der Waals surface area contributed by atoms with Gasteiger partial charge in [0.05, 0.1) is 16.4 Å². The second kappa shape index (κ2) is 8.57. The lowest BCUT2D eigenvalue weighted by Crippen LogP contribution is -2.27. The summed E-state index contributed by atoms with van der Waals surface area (Å²) < 4.78 is 5.04. The van der Waals surface area contributed by atoms with Gasteiger partial charge in [-0.25, -0.2) is 4.79 Å². The topological polar surface area (TPSA) is 127 Å². The molecule has 0 radical (unpaired) electrons. The van der Waals surface area contributed by atoms with E-state index >= 15 is 0 Å². The monoisotopic (exact) mass is 414 g/mol. The Morgan fingerprint density at radius 1 is 1.14 bits per heavy atom. The molecule has 0 aliphatic carbocycles. The van der Waals surface area contributed by atoms with Crippen LogP contribution in [0.3, 0.4) is 0 Å². The fraction of sp³-hybridized carbons (Fsp3) is 0.105. The number of carbonyl (C=O) groups excluding carboxylic acids is 2. The van der Waals surface area contributed by atoms with Crippen LogP contribution in [-0.4, -0.2) is 38.7 Å². The zero-order chi connectivity index (χ0) is 21.0. The fourth-order valence-electron chi connectivity index (χ4n) is 2.50. The van der Waals surface area contributed by atoms with Crippen LogP contribution in [-0.2, 0) is 16.1 Å². The molecule has 0 aromatic heterocycles. The van der Waals surface area contributed by atoms with Crippen molar-refractivity contribution >= 4 is 40.6 Å². The highest BCUT2D eigenvalue weighted by Crippen LogP contribution is 2.33. The molecule has 1 heterocycles. The molecule has 10 heteroatoms. The third kappa shape index (κ3) is 4.99. The molecule has 2 aromatic carbocycles. The molecule has 1 aliphatic rings. The SMILES string of the molecule is O=C(O)COc1ccc(C=C2SC(=O)N(Cc3ccc([N+](=O)[O-])cc3)C2=O)cc1. The van der Waals surface area contributed by atoms with Gasteiger partial charge >= 0.3 is 5.97 Å². The van der Waals surface area contributed by atoms with Crippen LogP contribution in [0.5, 0.6) is 5.75 Å². The molecular formula is C19H14N2O7S. The maximum Gasteiger partial charge on any atom is 0.341 e. The van der Waals surface area contributed by atoms with Crippen molar-refractivity contribution in [3.05, 3.63) is 74.7 Å². The molecule has 2 amide bonds. The van der Waals surface area contributed by atoms with Gasteiger partial charge in [0.1, 0.15) is 5.75 Å². The number of carboxylic acids is 1. The summed E-state index contributed by atoms with van der Waals surface area (Å²) in [5, 5.41) is 18.9. The maximum absolute atomic E-state index is 12.6. The van der Waals surface area contributed by atoms with E-state index in [0.29, 0.717) is 16.9 Å². The van der Waals surface area contributed by atoms with Gasteiger partial charge in [-0.05, 0) is 41.1 Å². The van der Waals surface area contributed by atoms with Crippen LogP contribution >= 0.6 is 11.8 Å². The summed E-state index contributed by atoms with van der Waals surface area (Å²) in [4.78, 5) is 46.8. The predicted octanol–water partition coefficient (Wildman–Crippen LogP) is 3.29. The van der Waals surface area contributed by atoms with Gasteiger partial charge in [-0.2, -0.15) is 0 Å². The Morgan fingerprint density at radius 3 is 2.38 bits per heavy atom. The van der Waals surface area contributed by atoms with Gasteiger partial charge in [0.15, 0.2) is 6.61 Å². The second-order valence-electron chi connectivity index (χ2n) is 5.94. The van der Waals surface area contributed by atoms with Gasteiger partial charge in [0.2, 0.25) is 0 Å². The van der Waals surface area contributed by atoms with Crippen LogP contribution in [0.1, 0.15) is 11.1 Å². The van der Waals surface area contributed by atoms with Crippen molar-refractivity contribution in [3.63, 3.8) is 0 Å². The first-order valence-corrected chi connectivity index (χ1v) is 9.08. The summed E-state index contributed by atoms with van der Waals surface area (Å²) in [5.74, 6) is -1.17. The fourth-order valence-corrected chi connectivity index (χ4v) is 3.34. The number of aliphatic carboxylic acids is 1. The molecule has 1 saturated heterocycles. The van der Waals surface area contributed by atoms with Crippen molar-refractivity contribution in [1.82, 2.24) is 4.90 Å². The Morgan fingerprint density at radius 2 is 1.79 bits per heavy atom. The van der Waals surface area contributed by atoms with Crippen molar-refractivity contribution in [1.29, 1.82) is 0 Å². The number of benzene rings is 2. The lowest BCUT2D eigenvalue weighted by Gasteiger charge is -2.12. The summed E-state index contributed by atoms with van der Waals surface area (Å²) in [6.45, 7) is -0.442. The van der Waals surface area contributed by atoms with Crippen LogP contribution in [0.25, 0.3) is 6.08 Å². The summed E-state index contributed by atoms with van der Waals surface area (Å²) in [7, 11) is 0. The summed E-state index contributed by atoms with van der Waals surface area (Å²) >= 11 is 0.804. The van der Waals surface area contributed by atoms with Crippen molar-refractivity contribution in [2.75, 3.05) is 6.61 Å². The number of amides is 2. The molecule has 3 rings (SSSR count). The molecular weight excluding hydrogens is 400 g/mol. The number of non-ortho nitro benzene ring substituents is 1. The van der Waals surface area contributed by atoms with Crippen LogP contribution in [0.4, 0.5) is 10.5 Å². The van der Waals surface area contributed by atoms with Crippen LogP contribution in [0, 0.1) is 10.1 Å². The number of carbonyl (C=O) groups is 3. The summed E-state index contributed by atoms with van der Waals surface area (Å²) in [6, 6.07) is 12.0. The first kappa shape index (κ1) is 20.1. The largest absolute Gasteiger partial charge is 0.482 e. The minimum atomic E-state index is -1.09. The second-order valence-corrected chi connectivity index (χ2v) is 6.94. The van der Waals surface area contributed by atoms with E-state index < -0.39 is 28.6 Å². The van der Waals surface area contributed by atoms with E-state index in [2.05, 4.69) is 0 Å². The first-order valence-electron chi connectivity index (χ1n) is 8.27. The number of ether oxygens (including phenoxy) is 1. The van der Waals surface area contributed by atoms with Crippen molar-refractivity contribution in [2.45, 2.75) is 6.54 Å². The van der Waals surface area contributed by atoms with Gasteiger partial charge in [-0.3, -0.25) is 24.6 Å². The smallest absolute Gasteiger partial charge is 0.341 e. The predicted molar refractivity (Wildman–Crippen MR) is 104 cm³/mol. The zero-order valence-electron chi connectivity index (χ0n) is 14.8. The molecule has 29 heavy (non-hydrogen) atoms. The van der Waals surface area contributed by atoms with E-state index in [1.807, 2.05) is 0 Å². The number of nitrogens with zero attached hydrogens (tertiary/aromatic N) is 2. The molecule has 0 bridgehead atoms. The van der Waals surface area contributed by atoms with Crippen molar-refractivity contribution in [2.24, 2.45) is 0 Å². The number of carboxylic acid groups (broad SMARTS) is 1. The maximum atomic E-state index is 12.6. The zero-order valence-corrected chi connectivity index (χ0v) is 15.6. The van der Waals surface area contributed by atoms with E-state index in [1.54, 1.807) is 30.3 Å². The van der Waals surface area contributed by atoms with Crippen molar-refractivity contribution in [3.8, 4) is 5.75 Å². The molecule has 148 valence electrons. The number of nitro benzene ring substituents is 1. The molecule has 1 fully saturated rings. The molecule has 9 nitrogen and oxygen atoms in total. The molecule has 2 aromatic rings. The molecule has 0 unspecified atom stereocenters. The Kier molecular flexibility index (Phi) is 5.93. The van der Waals surface area contributed by atoms with Gasteiger partial charge in [-0.15, -0.1) is 0 Å². The lowest BCUT2D eigenvalue weighted by molar-refractivity contribution is -0.384. The average molecular weight is 414 g/mol. The number of hydrogen-bond acceptors (Lipinski definition) is 7. The number of nitro groups is 1. The number of hydrogen-bond donors (Lipinski definition) is 1. The van der Waals surface area contributed by atoms with Crippen LogP contribution in [0.15, 0.2) is 53.4 Å².